The quantitative estimate of drug-likeness (QED) is 0.801. The Hall–Kier alpha value is -2.82. The molecule has 1 N–H and O–H groups in total. The van der Waals surface area contributed by atoms with E-state index in [0.717, 1.165) is 74.2 Å². The molecule has 1 heterocycles. The van der Waals surface area contributed by atoms with Gasteiger partial charge in [-0.1, -0.05) is 37.1 Å². The minimum Gasteiger partial charge on any atom is -0.496 e. The van der Waals surface area contributed by atoms with Crippen LogP contribution in [-0.2, 0) is 21.4 Å². The van der Waals surface area contributed by atoms with Gasteiger partial charge in [-0.2, -0.15) is 0 Å². The van der Waals surface area contributed by atoms with Crippen molar-refractivity contribution in [3.8, 4) is 5.75 Å². The fraction of sp³-hybridized carbons (Fsp3) is 0.440. The van der Waals surface area contributed by atoms with Crippen LogP contribution in [0.2, 0.25) is 0 Å². The molecule has 5 heteroatoms. The Labute approximate surface area is 177 Å². The first kappa shape index (κ1) is 19.2. The zero-order valence-corrected chi connectivity index (χ0v) is 17.4. The van der Waals surface area contributed by atoms with E-state index in [1.54, 1.807) is 7.11 Å². The molecule has 30 heavy (non-hydrogen) atoms. The number of fused-ring (bicyclic) bond motifs is 1. The first-order chi connectivity index (χ1) is 14.6. The highest BCUT2D eigenvalue weighted by Gasteiger charge is 2.52. The van der Waals surface area contributed by atoms with Crippen LogP contribution in [-0.4, -0.2) is 25.5 Å². The van der Waals surface area contributed by atoms with Gasteiger partial charge in [-0.25, -0.2) is 0 Å². The number of methoxy groups -OCH3 is 1. The standard InChI is InChI=1S/C25H28N2O3/c1-30-22-9-5-4-8-20(22)25(13-14-25)24(29)26-19-11-10-17-12-15-27(21(17)16-19)23(28)18-6-2-3-7-18/h4-5,8-11,16,18H,2-3,6-7,12-15H2,1H3,(H,26,29). The molecule has 3 aliphatic rings. The Morgan fingerprint density at radius 2 is 1.87 bits per heavy atom. The lowest BCUT2D eigenvalue weighted by Crippen LogP contribution is -2.34. The molecular formula is C25H28N2O3. The zero-order valence-electron chi connectivity index (χ0n) is 17.4. The summed E-state index contributed by atoms with van der Waals surface area (Å²) in [5.41, 5.74) is 3.33. The van der Waals surface area contributed by atoms with Gasteiger partial charge < -0.3 is 15.0 Å². The van der Waals surface area contributed by atoms with E-state index in [1.807, 2.05) is 41.3 Å². The van der Waals surface area contributed by atoms with Gasteiger partial charge in [0.25, 0.3) is 0 Å². The van der Waals surface area contributed by atoms with Crippen LogP contribution in [0.4, 0.5) is 11.4 Å². The van der Waals surface area contributed by atoms with Gasteiger partial charge in [0, 0.05) is 29.4 Å². The van der Waals surface area contributed by atoms with E-state index in [9.17, 15) is 9.59 Å². The lowest BCUT2D eigenvalue weighted by atomic mass is 9.93. The minimum atomic E-state index is -0.523. The van der Waals surface area contributed by atoms with Gasteiger partial charge in [0.2, 0.25) is 11.8 Å². The second-order valence-corrected chi connectivity index (χ2v) is 8.80. The van der Waals surface area contributed by atoms with Gasteiger partial charge in [0.1, 0.15) is 5.75 Å². The molecule has 5 nitrogen and oxygen atoms in total. The Morgan fingerprint density at radius 1 is 1.10 bits per heavy atom. The van der Waals surface area contributed by atoms with Crippen molar-refractivity contribution in [2.24, 2.45) is 5.92 Å². The van der Waals surface area contributed by atoms with Gasteiger partial charge in [-0.15, -0.1) is 0 Å². The average molecular weight is 405 g/mol. The number of carbonyl (C=O) groups is 2. The van der Waals surface area contributed by atoms with Gasteiger partial charge in [0.05, 0.1) is 12.5 Å². The first-order valence-electron chi connectivity index (χ1n) is 11.0. The van der Waals surface area contributed by atoms with Gasteiger partial charge >= 0.3 is 0 Å². The third kappa shape index (κ3) is 3.17. The molecule has 2 fully saturated rings. The van der Waals surface area contributed by atoms with E-state index in [4.69, 9.17) is 4.74 Å². The maximum Gasteiger partial charge on any atom is 0.235 e. The van der Waals surface area contributed by atoms with E-state index >= 15 is 0 Å². The highest BCUT2D eigenvalue weighted by Crippen LogP contribution is 2.52. The van der Waals surface area contributed by atoms with Crippen molar-refractivity contribution >= 4 is 23.2 Å². The maximum absolute atomic E-state index is 13.2. The SMILES string of the molecule is COc1ccccc1C1(C(=O)Nc2ccc3c(c2)N(C(=O)C2CCCC2)CC3)CC1. The van der Waals surface area contributed by atoms with E-state index in [-0.39, 0.29) is 17.7 Å². The number of carbonyl (C=O) groups excluding carboxylic acids is 2. The van der Waals surface area contributed by atoms with Gasteiger partial charge in [-0.3, -0.25) is 9.59 Å². The van der Waals surface area contributed by atoms with Crippen molar-refractivity contribution in [1.82, 2.24) is 0 Å². The summed E-state index contributed by atoms with van der Waals surface area (Å²) in [6.07, 6.45) is 6.82. The van der Waals surface area contributed by atoms with Crippen LogP contribution in [0.25, 0.3) is 0 Å². The number of nitrogens with one attached hydrogen (secondary N) is 1. The number of ether oxygens (including phenoxy) is 1. The largest absolute Gasteiger partial charge is 0.496 e. The monoisotopic (exact) mass is 404 g/mol. The Kier molecular flexibility index (Phi) is 4.76. The number of hydrogen-bond donors (Lipinski definition) is 1. The fourth-order valence-corrected chi connectivity index (χ4v) is 5.11. The van der Waals surface area contributed by atoms with Crippen LogP contribution in [0, 0.1) is 5.92 Å². The summed E-state index contributed by atoms with van der Waals surface area (Å²) in [5.74, 6) is 1.17. The molecule has 2 aromatic carbocycles. The number of benzene rings is 2. The molecule has 2 aromatic rings. The molecule has 156 valence electrons. The highest BCUT2D eigenvalue weighted by atomic mass is 16.5. The molecule has 0 aromatic heterocycles. The van der Waals surface area contributed by atoms with Crippen molar-refractivity contribution in [2.45, 2.75) is 50.4 Å². The van der Waals surface area contributed by atoms with E-state index in [1.165, 1.54) is 5.56 Å². The van der Waals surface area contributed by atoms with Crippen LogP contribution in [0.5, 0.6) is 5.75 Å². The molecule has 0 unspecified atom stereocenters. The topological polar surface area (TPSA) is 58.6 Å². The van der Waals surface area contributed by atoms with Crippen molar-refractivity contribution in [3.05, 3.63) is 53.6 Å². The molecule has 2 saturated carbocycles. The Morgan fingerprint density at radius 3 is 2.60 bits per heavy atom. The number of rotatable bonds is 5. The minimum absolute atomic E-state index is 0.00128. The maximum atomic E-state index is 13.2. The predicted molar refractivity (Wildman–Crippen MR) is 117 cm³/mol. The summed E-state index contributed by atoms with van der Waals surface area (Å²) in [5, 5.41) is 3.12. The third-order valence-corrected chi connectivity index (χ3v) is 7.02. The molecule has 0 radical (unpaired) electrons. The van der Waals surface area contributed by atoms with E-state index in [0.29, 0.717) is 0 Å². The summed E-state index contributed by atoms with van der Waals surface area (Å²) in [7, 11) is 1.64. The lowest BCUT2D eigenvalue weighted by molar-refractivity contribution is -0.122. The van der Waals surface area contributed by atoms with Crippen LogP contribution < -0.4 is 15.0 Å². The number of para-hydroxylation sites is 1. The van der Waals surface area contributed by atoms with Crippen molar-refractivity contribution in [3.63, 3.8) is 0 Å². The Bertz CT molecular complexity index is 990. The number of amides is 2. The molecule has 2 amide bonds. The van der Waals surface area contributed by atoms with Crippen molar-refractivity contribution in [1.29, 1.82) is 0 Å². The second-order valence-electron chi connectivity index (χ2n) is 8.80. The third-order valence-electron chi connectivity index (χ3n) is 7.02. The molecule has 2 aliphatic carbocycles. The molecule has 0 atom stereocenters. The predicted octanol–water partition coefficient (Wildman–Crippen LogP) is 4.44. The summed E-state index contributed by atoms with van der Waals surface area (Å²) in [6.45, 7) is 0.743. The number of anilines is 2. The van der Waals surface area contributed by atoms with Crippen molar-refractivity contribution < 1.29 is 14.3 Å². The number of nitrogens with zero attached hydrogens (tertiary/aromatic N) is 1. The normalized spacial score (nSPS) is 19.4. The highest BCUT2D eigenvalue weighted by molar-refractivity contribution is 6.03. The summed E-state index contributed by atoms with van der Waals surface area (Å²) >= 11 is 0. The van der Waals surface area contributed by atoms with Crippen LogP contribution in [0.1, 0.15) is 49.7 Å². The fourth-order valence-electron chi connectivity index (χ4n) is 5.11. The average Bonchev–Trinajstić information content (AvgIpc) is 3.20. The van der Waals surface area contributed by atoms with Crippen LogP contribution >= 0.6 is 0 Å². The van der Waals surface area contributed by atoms with E-state index in [2.05, 4.69) is 11.4 Å². The molecule has 5 rings (SSSR count). The van der Waals surface area contributed by atoms with Gasteiger partial charge in [-0.05, 0) is 55.9 Å². The smallest absolute Gasteiger partial charge is 0.235 e. The number of hydrogen-bond acceptors (Lipinski definition) is 3. The molecule has 0 saturated heterocycles. The molecule has 0 bridgehead atoms. The summed E-state index contributed by atoms with van der Waals surface area (Å²) < 4.78 is 5.50. The summed E-state index contributed by atoms with van der Waals surface area (Å²) in [6, 6.07) is 13.8. The Balaban J connectivity index is 1.37. The zero-order chi connectivity index (χ0) is 20.7. The first-order valence-corrected chi connectivity index (χ1v) is 11.0. The van der Waals surface area contributed by atoms with Crippen LogP contribution in [0.3, 0.4) is 0 Å². The summed E-state index contributed by atoms with van der Waals surface area (Å²) in [4.78, 5) is 28.2. The van der Waals surface area contributed by atoms with E-state index < -0.39 is 5.41 Å². The molecule has 1 aliphatic heterocycles. The lowest BCUT2D eigenvalue weighted by Gasteiger charge is -2.22. The van der Waals surface area contributed by atoms with Crippen molar-refractivity contribution in [2.75, 3.05) is 23.9 Å². The van der Waals surface area contributed by atoms with Crippen LogP contribution in [0.15, 0.2) is 42.5 Å². The molecule has 0 spiro atoms. The molecular weight excluding hydrogens is 376 g/mol. The van der Waals surface area contributed by atoms with Gasteiger partial charge in [0.15, 0.2) is 0 Å². The second kappa shape index (κ2) is 7.46.